The maximum atomic E-state index is 12.7. The van der Waals surface area contributed by atoms with E-state index in [1.807, 2.05) is 6.07 Å². The van der Waals surface area contributed by atoms with E-state index < -0.39 is 24.3 Å². The number of nitrogens with one attached hydrogen (secondary N) is 1. The molecule has 0 spiro atoms. The highest BCUT2D eigenvalue weighted by molar-refractivity contribution is 5.97. The number of benzene rings is 2. The lowest BCUT2D eigenvalue weighted by molar-refractivity contribution is 0.0595. The minimum atomic E-state index is -1.02. The van der Waals surface area contributed by atoms with Crippen molar-refractivity contribution < 1.29 is 49.0 Å². The topological polar surface area (TPSA) is 128 Å². The van der Waals surface area contributed by atoms with Crippen molar-refractivity contribution in [1.82, 2.24) is 5.32 Å². The van der Waals surface area contributed by atoms with Crippen LogP contribution < -0.4 is 24.3 Å². The standard InChI is InChI=1S/C24H27NO10.H2/c1-29-18-9-12-7-8-16(25-23(27)33-5)13-11-17(35-24(28)34-6)15(22(26)32-4)10-14(13)19(12)21(31-3)20(18)30-2;/h9-11,16H,7-8H2,1-6H3,(H,25,27);1H/t16-;/m0./s1. The Morgan fingerprint density at radius 3 is 2.14 bits per heavy atom. The lowest BCUT2D eigenvalue weighted by atomic mass is 9.91. The first-order chi connectivity index (χ1) is 16.8. The highest BCUT2D eigenvalue weighted by atomic mass is 16.7. The van der Waals surface area contributed by atoms with Crippen molar-refractivity contribution >= 4 is 18.2 Å². The van der Waals surface area contributed by atoms with E-state index in [0.29, 0.717) is 46.8 Å². The van der Waals surface area contributed by atoms with E-state index in [1.54, 1.807) is 0 Å². The number of carbonyl (C=O) groups is 3. The average Bonchev–Trinajstić information content (AvgIpc) is 3.02. The minimum absolute atomic E-state index is 0. The van der Waals surface area contributed by atoms with Gasteiger partial charge in [0.1, 0.15) is 11.3 Å². The number of fused-ring (bicyclic) bond motifs is 3. The van der Waals surface area contributed by atoms with Gasteiger partial charge in [0.15, 0.2) is 11.5 Å². The van der Waals surface area contributed by atoms with Crippen molar-refractivity contribution in [3.05, 3.63) is 34.9 Å². The maximum Gasteiger partial charge on any atom is 0.513 e. The lowest BCUT2D eigenvalue weighted by Gasteiger charge is -2.22. The maximum absolute atomic E-state index is 12.7. The van der Waals surface area contributed by atoms with Gasteiger partial charge in [0, 0.05) is 6.99 Å². The fourth-order valence-electron chi connectivity index (χ4n) is 4.09. The number of amides is 1. The van der Waals surface area contributed by atoms with Gasteiger partial charge in [-0.3, -0.25) is 0 Å². The van der Waals surface area contributed by atoms with E-state index in [4.69, 9.17) is 28.4 Å². The first kappa shape index (κ1) is 25.5. The monoisotopic (exact) mass is 491 g/mol. The van der Waals surface area contributed by atoms with Crippen molar-refractivity contribution in [3.8, 4) is 34.1 Å². The van der Waals surface area contributed by atoms with E-state index in [0.717, 1.165) is 12.7 Å². The van der Waals surface area contributed by atoms with Crippen LogP contribution in [-0.2, 0) is 20.6 Å². The zero-order valence-corrected chi connectivity index (χ0v) is 20.3. The van der Waals surface area contributed by atoms with Crippen LogP contribution in [0.25, 0.3) is 11.1 Å². The molecular weight excluding hydrogens is 462 g/mol. The molecule has 190 valence electrons. The largest absolute Gasteiger partial charge is 0.513 e. The number of carbonyl (C=O) groups excluding carboxylic acids is 3. The fraction of sp³-hybridized carbons (Fsp3) is 0.375. The van der Waals surface area contributed by atoms with Gasteiger partial charge in [0.05, 0.1) is 48.7 Å². The number of esters is 1. The Labute approximate surface area is 203 Å². The summed E-state index contributed by atoms with van der Waals surface area (Å²) >= 11 is 0. The van der Waals surface area contributed by atoms with E-state index in [-0.39, 0.29) is 12.7 Å². The summed E-state index contributed by atoms with van der Waals surface area (Å²) in [6.45, 7) is 0. The molecule has 0 heterocycles. The molecule has 1 aliphatic rings. The summed E-state index contributed by atoms with van der Waals surface area (Å²) in [6.07, 6.45) is -0.730. The minimum Gasteiger partial charge on any atom is -0.493 e. The molecule has 2 aromatic rings. The van der Waals surface area contributed by atoms with Gasteiger partial charge in [-0.25, -0.2) is 14.4 Å². The third-order valence-electron chi connectivity index (χ3n) is 5.65. The molecule has 1 atom stereocenters. The predicted molar refractivity (Wildman–Crippen MR) is 125 cm³/mol. The summed E-state index contributed by atoms with van der Waals surface area (Å²) in [6, 6.07) is 4.25. The first-order valence-corrected chi connectivity index (χ1v) is 10.5. The van der Waals surface area contributed by atoms with Gasteiger partial charge in [-0.15, -0.1) is 0 Å². The van der Waals surface area contributed by atoms with E-state index in [2.05, 4.69) is 10.1 Å². The Kier molecular flexibility index (Phi) is 7.90. The second-order valence-corrected chi connectivity index (χ2v) is 7.39. The summed E-state index contributed by atoms with van der Waals surface area (Å²) in [5, 5.41) is 2.80. The molecule has 0 saturated heterocycles. The third kappa shape index (κ3) is 4.88. The van der Waals surface area contributed by atoms with Crippen molar-refractivity contribution in [3.63, 3.8) is 0 Å². The van der Waals surface area contributed by atoms with Gasteiger partial charge >= 0.3 is 18.2 Å². The van der Waals surface area contributed by atoms with Gasteiger partial charge in [0.25, 0.3) is 0 Å². The highest BCUT2D eigenvalue weighted by Crippen LogP contribution is 2.51. The summed E-state index contributed by atoms with van der Waals surface area (Å²) < 4.78 is 36.3. The second kappa shape index (κ2) is 10.9. The molecule has 3 rings (SSSR count). The van der Waals surface area contributed by atoms with Crippen LogP contribution in [-0.4, -0.2) is 60.9 Å². The van der Waals surface area contributed by atoms with Crippen LogP contribution in [0.15, 0.2) is 18.2 Å². The smallest absolute Gasteiger partial charge is 0.493 e. The number of ether oxygens (including phenoxy) is 7. The summed E-state index contributed by atoms with van der Waals surface area (Å²) in [4.78, 5) is 36.7. The average molecular weight is 491 g/mol. The number of aryl methyl sites for hydroxylation is 1. The van der Waals surface area contributed by atoms with Crippen LogP contribution in [0.2, 0.25) is 0 Å². The fourth-order valence-corrected chi connectivity index (χ4v) is 4.09. The first-order valence-electron chi connectivity index (χ1n) is 10.5. The molecule has 0 radical (unpaired) electrons. The lowest BCUT2D eigenvalue weighted by Crippen LogP contribution is -2.28. The zero-order valence-electron chi connectivity index (χ0n) is 20.3. The Balaban J connectivity index is 0.00000456. The van der Waals surface area contributed by atoms with Gasteiger partial charge in [0.2, 0.25) is 5.75 Å². The zero-order chi connectivity index (χ0) is 25.7. The second-order valence-electron chi connectivity index (χ2n) is 7.39. The SMILES string of the molecule is COC(=O)N[C@H]1CCc2cc(OC)c(OC)c(OC)c2-c2cc(C(=O)OC)c(OC(=O)OC)cc21.[HH]. The van der Waals surface area contributed by atoms with Gasteiger partial charge in [-0.05, 0) is 47.7 Å². The molecule has 0 bridgehead atoms. The van der Waals surface area contributed by atoms with Crippen LogP contribution in [0.5, 0.6) is 23.0 Å². The molecule has 1 aliphatic carbocycles. The molecule has 0 unspecified atom stereocenters. The molecule has 0 aliphatic heterocycles. The molecular formula is C24H29NO10. The Hall–Kier alpha value is -4.15. The molecule has 0 aromatic heterocycles. The van der Waals surface area contributed by atoms with Crippen molar-refractivity contribution in [2.75, 3.05) is 42.7 Å². The van der Waals surface area contributed by atoms with E-state index in [1.165, 1.54) is 47.7 Å². The quantitative estimate of drug-likeness (QED) is 0.361. The van der Waals surface area contributed by atoms with Gasteiger partial charge in [-0.2, -0.15) is 0 Å². The van der Waals surface area contributed by atoms with Crippen LogP contribution in [0.1, 0.15) is 35.4 Å². The van der Waals surface area contributed by atoms with Crippen molar-refractivity contribution in [2.45, 2.75) is 18.9 Å². The number of hydrogen-bond donors (Lipinski definition) is 1. The number of rotatable bonds is 6. The Bertz CT molecular complexity index is 1150. The van der Waals surface area contributed by atoms with Gasteiger partial charge < -0.3 is 38.5 Å². The Morgan fingerprint density at radius 1 is 0.857 bits per heavy atom. The molecule has 2 aromatic carbocycles. The van der Waals surface area contributed by atoms with E-state index >= 15 is 0 Å². The van der Waals surface area contributed by atoms with Gasteiger partial charge in [-0.1, -0.05) is 0 Å². The number of alkyl carbamates (subject to hydrolysis) is 1. The third-order valence-corrected chi connectivity index (χ3v) is 5.65. The summed E-state index contributed by atoms with van der Waals surface area (Å²) in [5.74, 6) is 0.354. The van der Waals surface area contributed by atoms with Crippen LogP contribution >= 0.6 is 0 Å². The Morgan fingerprint density at radius 2 is 1.57 bits per heavy atom. The summed E-state index contributed by atoms with van der Waals surface area (Å²) in [5.41, 5.74) is 2.51. The van der Waals surface area contributed by atoms with Crippen LogP contribution in [0.3, 0.4) is 0 Å². The number of methoxy groups -OCH3 is 6. The molecule has 11 heteroatoms. The highest BCUT2D eigenvalue weighted by Gasteiger charge is 2.32. The number of hydrogen-bond acceptors (Lipinski definition) is 10. The molecule has 35 heavy (non-hydrogen) atoms. The predicted octanol–water partition coefficient (Wildman–Crippen LogP) is 3.90. The van der Waals surface area contributed by atoms with Crippen molar-refractivity contribution in [1.29, 1.82) is 0 Å². The van der Waals surface area contributed by atoms with Crippen LogP contribution in [0.4, 0.5) is 9.59 Å². The van der Waals surface area contributed by atoms with Crippen LogP contribution in [0, 0.1) is 0 Å². The molecule has 1 N–H and O–H groups in total. The molecule has 1 amide bonds. The molecule has 0 fully saturated rings. The normalized spacial score (nSPS) is 13.8. The summed E-state index contributed by atoms with van der Waals surface area (Å²) in [7, 11) is 8.10. The van der Waals surface area contributed by atoms with E-state index in [9.17, 15) is 14.4 Å². The molecule has 11 nitrogen and oxygen atoms in total. The van der Waals surface area contributed by atoms with Crippen molar-refractivity contribution in [2.24, 2.45) is 0 Å². The molecule has 0 saturated carbocycles.